The van der Waals surface area contributed by atoms with E-state index in [1.807, 2.05) is 18.3 Å². The maximum atomic E-state index is 12.2. The molecular weight excluding hydrogens is 230 g/mol. The van der Waals surface area contributed by atoms with Gasteiger partial charge in [-0.3, -0.25) is 9.59 Å². The van der Waals surface area contributed by atoms with Gasteiger partial charge in [0.15, 0.2) is 0 Å². The first kappa shape index (κ1) is 11.3. The smallest absolute Gasteiger partial charge is 0.268 e. The van der Waals surface area contributed by atoms with Crippen molar-refractivity contribution >= 4 is 11.8 Å². The fourth-order valence-corrected chi connectivity index (χ4v) is 2.37. The Morgan fingerprint density at radius 1 is 1.39 bits per heavy atom. The van der Waals surface area contributed by atoms with Gasteiger partial charge in [0.05, 0.1) is 0 Å². The quantitative estimate of drug-likeness (QED) is 0.831. The molecule has 96 valence electrons. The van der Waals surface area contributed by atoms with Crippen LogP contribution in [0.5, 0.6) is 0 Å². The summed E-state index contributed by atoms with van der Waals surface area (Å²) in [7, 11) is 0. The summed E-state index contributed by atoms with van der Waals surface area (Å²) >= 11 is 0. The standard InChI is InChI=1S/C13H17N3O2/c17-12-6-3-9(8-14-12)15-13(18)11-2-1-7-16(11)10-4-5-10/h1-2,7,9-10H,3-6,8H2,(H,14,17)(H,15,18). The average Bonchev–Trinajstić information content (AvgIpc) is 3.09. The maximum absolute atomic E-state index is 12.2. The lowest BCUT2D eigenvalue weighted by Gasteiger charge is -2.23. The van der Waals surface area contributed by atoms with Crippen molar-refractivity contribution in [3.8, 4) is 0 Å². The fraction of sp³-hybridized carbons (Fsp3) is 0.538. The van der Waals surface area contributed by atoms with Crippen LogP contribution in [0.1, 0.15) is 42.2 Å². The van der Waals surface area contributed by atoms with Crippen LogP contribution < -0.4 is 10.6 Å². The summed E-state index contributed by atoms with van der Waals surface area (Å²) in [5.74, 6) is 0.0369. The first-order valence-corrected chi connectivity index (χ1v) is 6.48. The second-order valence-electron chi connectivity index (χ2n) is 5.05. The molecule has 1 unspecified atom stereocenters. The number of hydrogen-bond acceptors (Lipinski definition) is 2. The molecule has 2 amide bonds. The molecule has 3 rings (SSSR count). The van der Waals surface area contributed by atoms with E-state index in [4.69, 9.17) is 0 Å². The summed E-state index contributed by atoms with van der Waals surface area (Å²) in [6.45, 7) is 0.536. The SMILES string of the molecule is O=C1CCC(NC(=O)c2cccn2C2CC2)CN1. The van der Waals surface area contributed by atoms with Crippen molar-refractivity contribution in [1.82, 2.24) is 15.2 Å². The third-order valence-corrected chi connectivity index (χ3v) is 3.55. The van der Waals surface area contributed by atoms with Crippen molar-refractivity contribution in [1.29, 1.82) is 0 Å². The van der Waals surface area contributed by atoms with E-state index in [9.17, 15) is 9.59 Å². The normalized spacial score (nSPS) is 23.6. The molecule has 0 aromatic carbocycles. The van der Waals surface area contributed by atoms with Gasteiger partial charge in [-0.1, -0.05) is 0 Å². The minimum absolute atomic E-state index is 0.0342. The Morgan fingerprint density at radius 3 is 2.89 bits per heavy atom. The second-order valence-corrected chi connectivity index (χ2v) is 5.05. The molecule has 2 N–H and O–H groups in total. The Balaban J connectivity index is 1.63. The van der Waals surface area contributed by atoms with E-state index in [1.54, 1.807) is 0 Å². The zero-order chi connectivity index (χ0) is 12.5. The first-order valence-electron chi connectivity index (χ1n) is 6.48. The lowest BCUT2D eigenvalue weighted by atomic mass is 10.1. The van der Waals surface area contributed by atoms with Gasteiger partial charge in [-0.15, -0.1) is 0 Å². The van der Waals surface area contributed by atoms with E-state index in [1.165, 1.54) is 0 Å². The number of rotatable bonds is 3. The van der Waals surface area contributed by atoms with Gasteiger partial charge >= 0.3 is 0 Å². The summed E-state index contributed by atoms with van der Waals surface area (Å²) in [5.41, 5.74) is 0.731. The van der Waals surface area contributed by atoms with Crippen molar-refractivity contribution in [2.24, 2.45) is 0 Å². The predicted molar refractivity (Wildman–Crippen MR) is 66.2 cm³/mol. The van der Waals surface area contributed by atoms with Crippen LogP contribution in [0, 0.1) is 0 Å². The molecule has 0 radical (unpaired) electrons. The molecule has 0 bridgehead atoms. The minimum atomic E-state index is -0.0342. The van der Waals surface area contributed by atoms with Gasteiger partial charge in [-0.2, -0.15) is 0 Å². The van der Waals surface area contributed by atoms with Gasteiger partial charge in [-0.25, -0.2) is 0 Å². The highest BCUT2D eigenvalue weighted by molar-refractivity contribution is 5.93. The van der Waals surface area contributed by atoms with Crippen molar-refractivity contribution in [2.45, 2.75) is 37.8 Å². The summed E-state index contributed by atoms with van der Waals surface area (Å²) in [4.78, 5) is 23.2. The molecule has 1 saturated carbocycles. The predicted octanol–water partition coefficient (Wildman–Crippen LogP) is 0.831. The molecule has 5 heteroatoms. The van der Waals surface area contributed by atoms with Gasteiger partial charge < -0.3 is 15.2 Å². The lowest BCUT2D eigenvalue weighted by Crippen LogP contribution is -2.48. The monoisotopic (exact) mass is 247 g/mol. The summed E-state index contributed by atoms with van der Waals surface area (Å²) < 4.78 is 2.05. The number of nitrogens with one attached hydrogen (secondary N) is 2. The highest BCUT2D eigenvalue weighted by atomic mass is 16.2. The maximum Gasteiger partial charge on any atom is 0.268 e. The molecule has 5 nitrogen and oxygen atoms in total. The van der Waals surface area contributed by atoms with Gasteiger partial charge in [-0.05, 0) is 31.4 Å². The van der Waals surface area contributed by atoms with E-state index >= 15 is 0 Å². The van der Waals surface area contributed by atoms with Crippen LogP contribution in [-0.2, 0) is 4.79 Å². The van der Waals surface area contributed by atoms with Gasteiger partial charge in [0.25, 0.3) is 5.91 Å². The van der Waals surface area contributed by atoms with E-state index in [0.717, 1.165) is 25.0 Å². The molecule has 2 heterocycles. The Hall–Kier alpha value is -1.78. The number of carbonyl (C=O) groups is 2. The van der Waals surface area contributed by atoms with Gasteiger partial charge in [0, 0.05) is 31.2 Å². The molecule has 1 saturated heterocycles. The molecular formula is C13H17N3O2. The molecule has 1 aliphatic carbocycles. The molecule has 18 heavy (non-hydrogen) atoms. The zero-order valence-electron chi connectivity index (χ0n) is 10.2. The number of piperidine rings is 1. The van der Waals surface area contributed by atoms with Crippen LogP contribution >= 0.6 is 0 Å². The fourth-order valence-electron chi connectivity index (χ4n) is 2.37. The van der Waals surface area contributed by atoms with Crippen LogP contribution in [0.3, 0.4) is 0 Å². The lowest BCUT2D eigenvalue weighted by molar-refractivity contribution is -0.122. The Kier molecular flexibility index (Phi) is 2.81. The van der Waals surface area contributed by atoms with Gasteiger partial charge in [0.2, 0.25) is 5.91 Å². The first-order chi connectivity index (χ1) is 8.74. The van der Waals surface area contributed by atoms with Crippen LogP contribution in [0.25, 0.3) is 0 Å². The summed E-state index contributed by atoms with van der Waals surface area (Å²) in [6, 6.07) is 4.33. The van der Waals surface area contributed by atoms with E-state index < -0.39 is 0 Å². The van der Waals surface area contributed by atoms with Crippen molar-refractivity contribution in [2.75, 3.05) is 6.54 Å². The Morgan fingerprint density at radius 2 is 2.22 bits per heavy atom. The van der Waals surface area contributed by atoms with Crippen molar-refractivity contribution in [3.05, 3.63) is 24.0 Å². The zero-order valence-corrected chi connectivity index (χ0v) is 10.2. The largest absolute Gasteiger partial charge is 0.354 e. The number of aromatic nitrogens is 1. The topological polar surface area (TPSA) is 63.1 Å². The highest BCUT2D eigenvalue weighted by Gasteiger charge is 2.28. The van der Waals surface area contributed by atoms with Crippen LogP contribution in [0.4, 0.5) is 0 Å². The van der Waals surface area contributed by atoms with E-state index in [2.05, 4.69) is 15.2 Å². The summed E-state index contributed by atoms with van der Waals surface area (Å²) in [6.07, 6.45) is 5.51. The Bertz CT molecular complexity index is 466. The van der Waals surface area contributed by atoms with Crippen molar-refractivity contribution < 1.29 is 9.59 Å². The van der Waals surface area contributed by atoms with Crippen LogP contribution in [0.2, 0.25) is 0 Å². The van der Waals surface area contributed by atoms with Crippen molar-refractivity contribution in [3.63, 3.8) is 0 Å². The summed E-state index contributed by atoms with van der Waals surface area (Å²) in [5, 5.41) is 5.76. The molecule has 1 aromatic heterocycles. The van der Waals surface area contributed by atoms with Gasteiger partial charge in [0.1, 0.15) is 5.69 Å². The molecule has 2 fully saturated rings. The number of nitrogens with zero attached hydrogens (tertiary/aromatic N) is 1. The molecule has 0 spiro atoms. The Labute approximate surface area is 106 Å². The minimum Gasteiger partial charge on any atom is -0.354 e. The third kappa shape index (κ3) is 2.25. The average molecular weight is 247 g/mol. The number of carbonyl (C=O) groups excluding carboxylic acids is 2. The third-order valence-electron chi connectivity index (χ3n) is 3.55. The molecule has 2 aliphatic rings. The van der Waals surface area contributed by atoms with E-state index in [-0.39, 0.29) is 17.9 Å². The van der Waals surface area contributed by atoms with Crippen LogP contribution in [-0.4, -0.2) is 29.0 Å². The highest BCUT2D eigenvalue weighted by Crippen LogP contribution is 2.35. The molecule has 1 aromatic rings. The number of hydrogen-bond donors (Lipinski definition) is 2. The second kappa shape index (κ2) is 4.48. The number of amides is 2. The van der Waals surface area contributed by atoms with E-state index in [0.29, 0.717) is 19.0 Å². The molecule has 1 aliphatic heterocycles. The van der Waals surface area contributed by atoms with Crippen LogP contribution in [0.15, 0.2) is 18.3 Å². The molecule has 1 atom stereocenters.